The highest BCUT2D eigenvalue weighted by Gasteiger charge is 2.55. The number of carbonyl (C=O) groups excluding carboxylic acids is 1. The fraction of sp³-hybridized carbons (Fsp3) is 0.381. The number of hydrogen-bond donors (Lipinski definition) is 2. The summed E-state index contributed by atoms with van der Waals surface area (Å²) in [5, 5.41) is 14.5. The minimum atomic E-state index is -1.15. The Balaban J connectivity index is 2.23. The number of aliphatic hydroxyl groups is 1. The molecule has 1 amide bonds. The van der Waals surface area contributed by atoms with Crippen LogP contribution < -0.4 is 10.1 Å². The van der Waals surface area contributed by atoms with Crippen LogP contribution >= 0.6 is 0 Å². The summed E-state index contributed by atoms with van der Waals surface area (Å²) in [6.07, 6.45) is 1.14. The van der Waals surface area contributed by atoms with Gasteiger partial charge in [0.15, 0.2) is 0 Å². The third kappa shape index (κ3) is 2.52. The van der Waals surface area contributed by atoms with Gasteiger partial charge >= 0.3 is 0 Å². The lowest BCUT2D eigenvalue weighted by molar-refractivity contribution is -0.105. The first-order valence-corrected chi connectivity index (χ1v) is 8.52. The summed E-state index contributed by atoms with van der Waals surface area (Å²) in [4.78, 5) is 11.0. The Morgan fingerprint density at radius 2 is 1.72 bits per heavy atom. The van der Waals surface area contributed by atoms with Crippen LogP contribution in [0, 0.1) is 20.8 Å². The number of rotatable bonds is 4. The first-order valence-electron chi connectivity index (χ1n) is 8.52. The second kappa shape index (κ2) is 5.88. The lowest BCUT2D eigenvalue weighted by Gasteiger charge is -2.36. The van der Waals surface area contributed by atoms with Crippen molar-refractivity contribution in [3.05, 3.63) is 58.1 Å². The van der Waals surface area contributed by atoms with E-state index >= 15 is 0 Å². The maximum Gasteiger partial charge on any atom is 0.211 e. The molecule has 1 unspecified atom stereocenters. The van der Waals surface area contributed by atoms with E-state index in [4.69, 9.17) is 4.74 Å². The SMILES string of the molecule is Cc1c(C)c2c(c(C)c1NC=O)OC(C)(C)C2(O)Cc1ccccc1. The molecule has 0 spiro atoms. The van der Waals surface area contributed by atoms with Crippen LogP contribution in [0.2, 0.25) is 0 Å². The largest absolute Gasteiger partial charge is 0.484 e. The van der Waals surface area contributed by atoms with Crippen molar-refractivity contribution in [1.29, 1.82) is 0 Å². The predicted octanol–water partition coefficient (Wildman–Crippen LogP) is 3.78. The van der Waals surface area contributed by atoms with Crippen LogP contribution in [-0.4, -0.2) is 17.1 Å². The van der Waals surface area contributed by atoms with Gasteiger partial charge in [0.2, 0.25) is 6.41 Å². The highest BCUT2D eigenvalue weighted by atomic mass is 16.5. The highest BCUT2D eigenvalue weighted by Crippen LogP contribution is 2.54. The first-order chi connectivity index (χ1) is 11.7. The van der Waals surface area contributed by atoms with Crippen LogP contribution in [0.25, 0.3) is 0 Å². The van der Waals surface area contributed by atoms with Gasteiger partial charge in [-0.15, -0.1) is 0 Å². The van der Waals surface area contributed by atoms with Crippen molar-refractivity contribution in [3.8, 4) is 5.75 Å². The molecule has 4 nitrogen and oxygen atoms in total. The fourth-order valence-electron chi connectivity index (χ4n) is 3.86. The van der Waals surface area contributed by atoms with Crippen LogP contribution in [0.3, 0.4) is 0 Å². The standard InChI is InChI=1S/C21H25NO3/c1-13-14(2)18(22-12-23)15(3)19-17(13)21(24,20(4,5)25-19)11-16-9-7-6-8-10-16/h6-10,12,24H,11H2,1-5H3,(H,22,23). The quantitative estimate of drug-likeness (QED) is 0.834. The average molecular weight is 339 g/mol. The van der Waals surface area contributed by atoms with E-state index in [0.29, 0.717) is 18.6 Å². The first kappa shape index (κ1) is 17.5. The molecule has 0 radical (unpaired) electrons. The molecule has 2 aromatic carbocycles. The Hall–Kier alpha value is -2.33. The summed E-state index contributed by atoms with van der Waals surface area (Å²) in [5.41, 5.74) is 3.46. The van der Waals surface area contributed by atoms with E-state index in [1.54, 1.807) is 0 Å². The molecule has 0 saturated carbocycles. The zero-order valence-corrected chi connectivity index (χ0v) is 15.4. The summed E-state index contributed by atoms with van der Waals surface area (Å²) in [6, 6.07) is 9.95. The molecule has 132 valence electrons. The Labute approximate surface area is 148 Å². The Bertz CT molecular complexity index is 827. The molecule has 2 aromatic rings. The van der Waals surface area contributed by atoms with Crippen molar-refractivity contribution in [3.63, 3.8) is 0 Å². The maximum atomic E-state index is 11.8. The number of benzene rings is 2. The highest BCUT2D eigenvalue weighted by molar-refractivity contribution is 5.80. The minimum Gasteiger partial charge on any atom is -0.484 e. The summed E-state index contributed by atoms with van der Waals surface area (Å²) >= 11 is 0. The van der Waals surface area contributed by atoms with E-state index in [0.717, 1.165) is 33.5 Å². The van der Waals surface area contributed by atoms with E-state index < -0.39 is 11.2 Å². The molecule has 0 aliphatic carbocycles. The molecule has 4 heteroatoms. The van der Waals surface area contributed by atoms with E-state index in [2.05, 4.69) is 5.32 Å². The lowest BCUT2D eigenvalue weighted by atomic mass is 9.74. The van der Waals surface area contributed by atoms with Crippen molar-refractivity contribution in [1.82, 2.24) is 0 Å². The Kier molecular flexibility index (Phi) is 4.12. The van der Waals surface area contributed by atoms with Crippen LogP contribution in [0.1, 0.15) is 41.7 Å². The minimum absolute atomic E-state index is 0.466. The zero-order valence-electron chi connectivity index (χ0n) is 15.4. The number of amides is 1. The molecule has 1 aliphatic rings. The molecule has 2 N–H and O–H groups in total. The van der Waals surface area contributed by atoms with Gasteiger partial charge in [0.25, 0.3) is 0 Å². The molecule has 0 aromatic heterocycles. The maximum absolute atomic E-state index is 11.8. The number of carbonyl (C=O) groups is 1. The van der Waals surface area contributed by atoms with Crippen molar-refractivity contribution >= 4 is 12.1 Å². The molecular weight excluding hydrogens is 314 g/mol. The third-order valence-electron chi connectivity index (χ3n) is 5.53. The van der Waals surface area contributed by atoms with Gasteiger partial charge in [-0.05, 0) is 51.3 Å². The smallest absolute Gasteiger partial charge is 0.211 e. The number of fused-ring (bicyclic) bond motifs is 1. The van der Waals surface area contributed by atoms with Gasteiger partial charge in [0, 0.05) is 17.5 Å². The predicted molar refractivity (Wildman–Crippen MR) is 99.1 cm³/mol. The van der Waals surface area contributed by atoms with E-state index in [1.807, 2.05) is 65.0 Å². The topological polar surface area (TPSA) is 58.6 Å². The summed E-state index contributed by atoms with van der Waals surface area (Å²) in [7, 11) is 0. The average Bonchev–Trinajstić information content (AvgIpc) is 2.77. The van der Waals surface area contributed by atoms with E-state index in [-0.39, 0.29) is 0 Å². The molecule has 1 heterocycles. The van der Waals surface area contributed by atoms with Gasteiger partial charge in [-0.1, -0.05) is 30.3 Å². The fourth-order valence-corrected chi connectivity index (χ4v) is 3.86. The Morgan fingerprint density at radius 3 is 2.32 bits per heavy atom. The van der Waals surface area contributed by atoms with Gasteiger partial charge < -0.3 is 15.2 Å². The van der Waals surface area contributed by atoms with Gasteiger partial charge in [-0.3, -0.25) is 4.79 Å². The van der Waals surface area contributed by atoms with Crippen LogP contribution in [-0.2, 0) is 16.8 Å². The molecule has 0 saturated heterocycles. The number of ether oxygens (including phenoxy) is 1. The molecule has 25 heavy (non-hydrogen) atoms. The number of hydrogen-bond acceptors (Lipinski definition) is 3. The summed E-state index contributed by atoms with van der Waals surface area (Å²) in [6.45, 7) is 9.68. The molecule has 0 bridgehead atoms. The monoisotopic (exact) mass is 339 g/mol. The molecular formula is C21H25NO3. The van der Waals surface area contributed by atoms with Crippen LogP contribution in [0.5, 0.6) is 5.75 Å². The van der Waals surface area contributed by atoms with Gasteiger partial charge in [-0.25, -0.2) is 0 Å². The lowest BCUT2D eigenvalue weighted by Crippen LogP contribution is -2.48. The number of anilines is 1. The second-order valence-electron chi connectivity index (χ2n) is 7.35. The molecule has 1 atom stereocenters. The second-order valence-corrected chi connectivity index (χ2v) is 7.35. The Morgan fingerprint density at radius 1 is 1.08 bits per heavy atom. The number of nitrogens with one attached hydrogen (secondary N) is 1. The van der Waals surface area contributed by atoms with Gasteiger partial charge in [-0.2, -0.15) is 0 Å². The third-order valence-corrected chi connectivity index (χ3v) is 5.53. The van der Waals surface area contributed by atoms with Crippen molar-refractivity contribution in [2.75, 3.05) is 5.32 Å². The van der Waals surface area contributed by atoms with Gasteiger partial charge in [0.1, 0.15) is 17.0 Å². The van der Waals surface area contributed by atoms with Crippen LogP contribution in [0.15, 0.2) is 30.3 Å². The van der Waals surface area contributed by atoms with E-state index in [9.17, 15) is 9.90 Å². The van der Waals surface area contributed by atoms with Gasteiger partial charge in [0.05, 0.1) is 5.69 Å². The zero-order chi connectivity index (χ0) is 18.4. The summed E-state index contributed by atoms with van der Waals surface area (Å²) in [5.74, 6) is 0.677. The normalized spacial score (nSPS) is 20.7. The molecule has 0 fully saturated rings. The van der Waals surface area contributed by atoms with E-state index in [1.165, 1.54) is 0 Å². The summed E-state index contributed by atoms with van der Waals surface area (Å²) < 4.78 is 6.23. The van der Waals surface area contributed by atoms with Crippen molar-refractivity contribution in [2.24, 2.45) is 0 Å². The van der Waals surface area contributed by atoms with Crippen LogP contribution in [0.4, 0.5) is 5.69 Å². The molecule has 3 rings (SSSR count). The van der Waals surface area contributed by atoms with Crippen molar-refractivity contribution < 1.29 is 14.6 Å². The van der Waals surface area contributed by atoms with Crippen molar-refractivity contribution in [2.45, 2.75) is 52.2 Å². The molecule has 1 aliphatic heterocycles.